The van der Waals surface area contributed by atoms with Gasteiger partial charge in [-0.15, -0.1) is 0 Å². The summed E-state index contributed by atoms with van der Waals surface area (Å²) in [5.74, 6) is 0.324. The van der Waals surface area contributed by atoms with Crippen LogP contribution in [0.5, 0.6) is 0 Å². The molecule has 0 spiro atoms. The molecule has 1 aliphatic heterocycles. The maximum Gasteiger partial charge on any atom is 0.234 e. The highest BCUT2D eigenvalue weighted by molar-refractivity contribution is 7.97. The molecule has 5 heteroatoms. The second-order valence-corrected chi connectivity index (χ2v) is 2.89. The fourth-order valence-corrected chi connectivity index (χ4v) is 1.15. The minimum atomic E-state index is -0.313. The highest BCUT2D eigenvalue weighted by Crippen LogP contribution is 2.08. The summed E-state index contributed by atoms with van der Waals surface area (Å²) in [5.41, 5.74) is 0. The number of carbonyl (C=O) groups is 1. The number of likely N-dealkylation sites (tertiary alicyclic amines) is 1. The second-order valence-electron chi connectivity index (χ2n) is 2.26. The Balaban J connectivity index is 2.18. The van der Waals surface area contributed by atoms with E-state index in [1.54, 1.807) is 4.90 Å². The van der Waals surface area contributed by atoms with Gasteiger partial charge in [0.15, 0.2) is 0 Å². The first kappa shape index (κ1) is 7.84. The number of amides is 1. The molecule has 1 rings (SSSR count). The van der Waals surface area contributed by atoms with Gasteiger partial charge in [0.05, 0.1) is 11.9 Å². The minimum absolute atomic E-state index is 0.0119. The summed E-state index contributed by atoms with van der Waals surface area (Å²) >= 11 is 1.02. The molecule has 1 amide bonds. The van der Waals surface area contributed by atoms with E-state index >= 15 is 0 Å². The zero-order chi connectivity index (χ0) is 7.56. The Morgan fingerprint density at radius 1 is 1.80 bits per heavy atom. The monoisotopic (exact) mass is 162 g/mol. The lowest BCUT2D eigenvalue weighted by Crippen LogP contribution is -2.54. The molecule has 0 radical (unpaired) electrons. The van der Waals surface area contributed by atoms with E-state index < -0.39 is 0 Å². The van der Waals surface area contributed by atoms with Gasteiger partial charge >= 0.3 is 0 Å². The van der Waals surface area contributed by atoms with Crippen LogP contribution in [-0.2, 0) is 4.79 Å². The molecule has 10 heavy (non-hydrogen) atoms. The zero-order valence-corrected chi connectivity index (χ0v) is 6.30. The lowest BCUT2D eigenvalue weighted by molar-refractivity contribution is -0.138. The molecule has 1 heterocycles. The Hall–Kier alpha value is -0.260. The maximum atomic E-state index is 10.9. The van der Waals surface area contributed by atoms with Gasteiger partial charge in [-0.25, -0.2) is 0 Å². The summed E-state index contributed by atoms with van der Waals surface area (Å²) in [6, 6.07) is 0. The minimum Gasteiger partial charge on any atom is -0.389 e. The summed E-state index contributed by atoms with van der Waals surface area (Å²) in [6.45, 7) is 0.943. The fourth-order valence-electron chi connectivity index (χ4n) is 0.822. The van der Waals surface area contributed by atoms with Crippen LogP contribution in [0.2, 0.25) is 0 Å². The van der Waals surface area contributed by atoms with Crippen LogP contribution in [0, 0.1) is 0 Å². The first-order valence-corrected chi connectivity index (χ1v) is 4.06. The molecule has 58 valence electrons. The van der Waals surface area contributed by atoms with Gasteiger partial charge in [0.1, 0.15) is 0 Å². The van der Waals surface area contributed by atoms with Crippen molar-refractivity contribution in [2.75, 3.05) is 18.8 Å². The number of nitrogens with two attached hydrogens (primary N) is 1. The van der Waals surface area contributed by atoms with Gasteiger partial charge in [0.2, 0.25) is 5.91 Å². The van der Waals surface area contributed by atoms with Crippen LogP contribution in [0.15, 0.2) is 0 Å². The van der Waals surface area contributed by atoms with Crippen molar-refractivity contribution >= 4 is 17.9 Å². The molecule has 0 saturated carbocycles. The van der Waals surface area contributed by atoms with E-state index in [9.17, 15) is 4.79 Å². The number of rotatable bonds is 2. The molecule has 0 aromatic heterocycles. The lowest BCUT2D eigenvalue weighted by Gasteiger charge is -2.35. The fraction of sp³-hybridized carbons (Fsp3) is 0.800. The van der Waals surface area contributed by atoms with Crippen LogP contribution in [0.3, 0.4) is 0 Å². The van der Waals surface area contributed by atoms with Crippen LogP contribution in [0.25, 0.3) is 0 Å². The average Bonchev–Trinajstić information content (AvgIpc) is 1.82. The third kappa shape index (κ3) is 1.62. The first-order valence-electron chi connectivity index (χ1n) is 3.01. The molecule has 0 unspecified atom stereocenters. The molecule has 0 atom stereocenters. The lowest BCUT2D eigenvalue weighted by atomic mass is 10.2. The van der Waals surface area contributed by atoms with E-state index in [4.69, 9.17) is 10.2 Å². The average molecular weight is 162 g/mol. The largest absolute Gasteiger partial charge is 0.389 e. The van der Waals surface area contributed by atoms with Crippen molar-refractivity contribution in [2.45, 2.75) is 6.10 Å². The van der Waals surface area contributed by atoms with Crippen LogP contribution < -0.4 is 5.14 Å². The zero-order valence-electron chi connectivity index (χ0n) is 5.49. The van der Waals surface area contributed by atoms with Crippen LogP contribution >= 0.6 is 11.9 Å². The van der Waals surface area contributed by atoms with Gasteiger partial charge in [0, 0.05) is 13.1 Å². The van der Waals surface area contributed by atoms with E-state index in [0.29, 0.717) is 18.8 Å². The Bertz CT molecular complexity index is 136. The maximum absolute atomic E-state index is 10.9. The number of hydrogen-bond donors (Lipinski definition) is 2. The smallest absolute Gasteiger partial charge is 0.234 e. The van der Waals surface area contributed by atoms with Crippen molar-refractivity contribution in [2.24, 2.45) is 5.14 Å². The summed E-state index contributed by atoms with van der Waals surface area (Å²) in [4.78, 5) is 12.5. The SMILES string of the molecule is NSCC(=O)N1CC(O)C1. The van der Waals surface area contributed by atoms with Gasteiger partial charge in [-0.3, -0.25) is 9.93 Å². The molecule has 0 bridgehead atoms. The molecular weight excluding hydrogens is 152 g/mol. The second kappa shape index (κ2) is 3.23. The van der Waals surface area contributed by atoms with Crippen molar-refractivity contribution < 1.29 is 9.90 Å². The van der Waals surface area contributed by atoms with Gasteiger partial charge in [-0.1, -0.05) is 11.9 Å². The molecule has 0 aromatic rings. The van der Waals surface area contributed by atoms with Gasteiger partial charge < -0.3 is 10.0 Å². The normalized spacial score (nSPS) is 18.8. The van der Waals surface area contributed by atoms with E-state index in [2.05, 4.69) is 0 Å². The topological polar surface area (TPSA) is 66.6 Å². The molecule has 1 fully saturated rings. The van der Waals surface area contributed by atoms with E-state index in [0.717, 1.165) is 11.9 Å². The van der Waals surface area contributed by atoms with Gasteiger partial charge in [0.25, 0.3) is 0 Å². The van der Waals surface area contributed by atoms with Crippen molar-refractivity contribution in [3.8, 4) is 0 Å². The molecular formula is C5H10N2O2S. The summed E-state index contributed by atoms with van der Waals surface area (Å²) in [5, 5.41) is 13.9. The summed E-state index contributed by atoms with van der Waals surface area (Å²) < 4.78 is 0. The quantitative estimate of drug-likeness (QED) is 0.500. The summed E-state index contributed by atoms with van der Waals surface area (Å²) in [7, 11) is 0. The Morgan fingerprint density at radius 2 is 2.40 bits per heavy atom. The Labute approximate surface area is 63.5 Å². The number of carbonyl (C=O) groups excluding carboxylic acids is 1. The van der Waals surface area contributed by atoms with Crippen molar-refractivity contribution in [1.29, 1.82) is 0 Å². The molecule has 1 aliphatic rings. The van der Waals surface area contributed by atoms with Crippen molar-refractivity contribution in [1.82, 2.24) is 4.90 Å². The summed E-state index contributed by atoms with van der Waals surface area (Å²) in [6.07, 6.45) is -0.313. The number of aliphatic hydroxyl groups is 1. The Morgan fingerprint density at radius 3 is 2.80 bits per heavy atom. The van der Waals surface area contributed by atoms with E-state index in [1.165, 1.54) is 0 Å². The number of hydrogen-bond acceptors (Lipinski definition) is 4. The highest BCUT2D eigenvalue weighted by Gasteiger charge is 2.27. The molecule has 0 aliphatic carbocycles. The molecule has 0 aromatic carbocycles. The van der Waals surface area contributed by atoms with Crippen molar-refractivity contribution in [3.63, 3.8) is 0 Å². The predicted octanol–water partition coefficient (Wildman–Crippen LogP) is -1.20. The standard InChI is InChI=1S/C5H10N2O2S/c6-10-3-5(9)7-1-4(8)2-7/h4,8H,1-3,6H2. The highest BCUT2D eigenvalue weighted by atomic mass is 32.2. The first-order chi connectivity index (χ1) is 4.74. The number of aliphatic hydroxyl groups excluding tert-OH is 1. The van der Waals surface area contributed by atoms with Crippen LogP contribution in [-0.4, -0.2) is 40.9 Å². The van der Waals surface area contributed by atoms with Crippen LogP contribution in [0.4, 0.5) is 0 Å². The van der Waals surface area contributed by atoms with E-state index in [-0.39, 0.29) is 12.0 Å². The number of nitrogens with zero attached hydrogens (tertiary/aromatic N) is 1. The molecule has 3 N–H and O–H groups in total. The third-order valence-electron chi connectivity index (χ3n) is 1.42. The Kier molecular flexibility index (Phi) is 2.53. The van der Waals surface area contributed by atoms with Crippen LogP contribution in [0.1, 0.15) is 0 Å². The van der Waals surface area contributed by atoms with Crippen molar-refractivity contribution in [3.05, 3.63) is 0 Å². The third-order valence-corrected chi connectivity index (χ3v) is 1.84. The molecule has 4 nitrogen and oxygen atoms in total. The van der Waals surface area contributed by atoms with E-state index in [1.807, 2.05) is 0 Å². The van der Waals surface area contributed by atoms with Gasteiger partial charge in [-0.2, -0.15) is 0 Å². The predicted molar refractivity (Wildman–Crippen MR) is 39.2 cm³/mol. The number of β-amino-alcohol motifs (C(OH)–C–C–N with tert-alkyl or cyclic N) is 1. The van der Waals surface area contributed by atoms with Gasteiger partial charge in [-0.05, 0) is 0 Å². The molecule has 1 saturated heterocycles.